The largest absolute Gasteiger partial charge is 0.469 e. The van der Waals surface area contributed by atoms with Crippen molar-refractivity contribution >= 4 is 16.9 Å². The summed E-state index contributed by atoms with van der Waals surface area (Å²) in [6.45, 7) is 1.96. The lowest BCUT2D eigenvalue weighted by Gasteiger charge is -2.54. The highest BCUT2D eigenvalue weighted by atomic mass is 16.5. The van der Waals surface area contributed by atoms with Crippen molar-refractivity contribution in [2.24, 2.45) is 11.3 Å². The number of benzene rings is 1. The molecule has 5 heteroatoms. The molecule has 0 spiro atoms. The van der Waals surface area contributed by atoms with Crippen LogP contribution in [0.3, 0.4) is 0 Å². The summed E-state index contributed by atoms with van der Waals surface area (Å²) in [5.74, 6) is 0.143. The van der Waals surface area contributed by atoms with E-state index in [0.29, 0.717) is 6.42 Å². The number of rotatable bonds is 1. The Labute approximate surface area is 153 Å². The molecule has 2 fully saturated rings. The molecule has 1 saturated carbocycles. The van der Waals surface area contributed by atoms with Gasteiger partial charge < -0.3 is 14.8 Å². The van der Waals surface area contributed by atoms with Crippen molar-refractivity contribution in [3.8, 4) is 0 Å². The van der Waals surface area contributed by atoms with Crippen LogP contribution in [0, 0.1) is 11.3 Å². The first-order chi connectivity index (χ1) is 12.6. The molecular weight excluding hydrogens is 328 g/mol. The summed E-state index contributed by atoms with van der Waals surface area (Å²) in [6, 6.07) is 8.67. The summed E-state index contributed by atoms with van der Waals surface area (Å²) in [6.07, 6.45) is 3.61. The number of fused-ring (bicyclic) bond motifs is 6. The molecular formula is C21H26N2O3. The van der Waals surface area contributed by atoms with Gasteiger partial charge in [-0.05, 0) is 49.7 Å². The van der Waals surface area contributed by atoms with E-state index in [1.807, 2.05) is 0 Å². The van der Waals surface area contributed by atoms with Gasteiger partial charge >= 0.3 is 5.97 Å². The number of hydrogen-bond donors (Lipinski definition) is 2. The highest BCUT2D eigenvalue weighted by Gasteiger charge is 2.56. The second kappa shape index (κ2) is 5.83. The Morgan fingerprint density at radius 2 is 2.15 bits per heavy atom. The van der Waals surface area contributed by atoms with E-state index in [1.165, 1.54) is 29.3 Å². The molecule has 0 bridgehead atoms. The molecule has 26 heavy (non-hydrogen) atoms. The van der Waals surface area contributed by atoms with E-state index in [0.717, 1.165) is 38.8 Å². The van der Waals surface area contributed by atoms with Crippen LogP contribution in [0.5, 0.6) is 0 Å². The number of aromatic nitrogens is 1. The molecule has 4 unspecified atom stereocenters. The lowest BCUT2D eigenvalue weighted by molar-refractivity contribution is -0.172. The van der Waals surface area contributed by atoms with Crippen molar-refractivity contribution in [2.45, 2.75) is 44.2 Å². The van der Waals surface area contributed by atoms with E-state index in [9.17, 15) is 9.90 Å². The number of aromatic amines is 1. The van der Waals surface area contributed by atoms with Gasteiger partial charge in [0.15, 0.2) is 0 Å². The molecule has 2 aromatic rings. The summed E-state index contributed by atoms with van der Waals surface area (Å²) < 4.78 is 5.25. The molecule has 2 aliphatic heterocycles. The van der Waals surface area contributed by atoms with Gasteiger partial charge in [0.25, 0.3) is 0 Å². The Morgan fingerprint density at radius 1 is 1.31 bits per heavy atom. The van der Waals surface area contributed by atoms with E-state index in [-0.39, 0.29) is 17.9 Å². The Morgan fingerprint density at radius 3 is 3.00 bits per heavy atom. The maximum atomic E-state index is 12.9. The van der Waals surface area contributed by atoms with Crippen molar-refractivity contribution in [1.82, 2.24) is 9.88 Å². The fourth-order valence-corrected chi connectivity index (χ4v) is 5.86. The number of aliphatic hydroxyl groups excluding tert-OH is 1. The van der Waals surface area contributed by atoms with Gasteiger partial charge in [-0.25, -0.2) is 0 Å². The quantitative estimate of drug-likeness (QED) is 0.773. The minimum atomic E-state index is -0.556. The van der Waals surface area contributed by atoms with Crippen molar-refractivity contribution in [2.75, 3.05) is 20.2 Å². The van der Waals surface area contributed by atoms with E-state index >= 15 is 0 Å². The highest BCUT2D eigenvalue weighted by molar-refractivity contribution is 5.85. The molecule has 0 amide bonds. The van der Waals surface area contributed by atoms with Crippen LogP contribution in [-0.2, 0) is 16.0 Å². The standard InChI is InChI=1S/C21H26N2O3/c1-26-20(25)21-10-14(24)7-6-13(21)12-23-9-8-16-15-4-2-3-5-17(15)22-19(16)18(23)11-21/h2-5,13-14,18,22,24H,6-12H2,1H3. The molecule has 5 rings (SSSR count). The number of nitrogens with zero attached hydrogens (tertiary/aromatic N) is 1. The van der Waals surface area contributed by atoms with Gasteiger partial charge in [0.2, 0.25) is 0 Å². The lowest BCUT2D eigenvalue weighted by atomic mass is 9.59. The average Bonchev–Trinajstić information content (AvgIpc) is 3.05. The molecule has 138 valence electrons. The first-order valence-corrected chi connectivity index (χ1v) is 9.72. The number of H-pyrrole nitrogens is 1. The Hall–Kier alpha value is -1.85. The Balaban J connectivity index is 1.59. The van der Waals surface area contributed by atoms with Crippen LogP contribution < -0.4 is 0 Å². The van der Waals surface area contributed by atoms with Gasteiger partial charge in [-0.15, -0.1) is 0 Å². The summed E-state index contributed by atoms with van der Waals surface area (Å²) in [5.41, 5.74) is 3.28. The van der Waals surface area contributed by atoms with Gasteiger partial charge in [0.05, 0.1) is 24.7 Å². The number of piperidine rings is 1. The smallest absolute Gasteiger partial charge is 0.312 e. The topological polar surface area (TPSA) is 65.6 Å². The molecule has 1 aromatic heterocycles. The Bertz CT molecular complexity index is 860. The molecule has 0 radical (unpaired) electrons. The highest BCUT2D eigenvalue weighted by Crippen LogP contribution is 2.54. The minimum Gasteiger partial charge on any atom is -0.469 e. The summed E-state index contributed by atoms with van der Waals surface area (Å²) >= 11 is 0. The number of aliphatic hydroxyl groups is 1. The third-order valence-electron chi connectivity index (χ3n) is 7.10. The average molecular weight is 354 g/mol. The minimum absolute atomic E-state index is 0.135. The normalized spacial score (nSPS) is 34.0. The predicted molar refractivity (Wildman–Crippen MR) is 98.7 cm³/mol. The fraction of sp³-hybridized carbons (Fsp3) is 0.571. The summed E-state index contributed by atoms with van der Waals surface area (Å²) in [7, 11) is 1.48. The zero-order valence-corrected chi connectivity index (χ0v) is 15.2. The lowest BCUT2D eigenvalue weighted by Crippen LogP contribution is -2.57. The van der Waals surface area contributed by atoms with Crippen LogP contribution >= 0.6 is 0 Å². The number of carbonyl (C=O) groups excluding carboxylic acids is 1. The zero-order valence-electron chi connectivity index (χ0n) is 15.2. The number of para-hydroxylation sites is 1. The number of hydrogen-bond acceptors (Lipinski definition) is 4. The van der Waals surface area contributed by atoms with Gasteiger partial charge in [0, 0.05) is 29.7 Å². The number of carbonyl (C=O) groups is 1. The molecule has 3 aliphatic rings. The van der Waals surface area contributed by atoms with Crippen LogP contribution in [0.4, 0.5) is 0 Å². The van der Waals surface area contributed by atoms with Gasteiger partial charge in [0.1, 0.15) is 0 Å². The molecule has 1 aliphatic carbocycles. The third-order valence-corrected chi connectivity index (χ3v) is 7.10. The maximum Gasteiger partial charge on any atom is 0.312 e. The SMILES string of the molecule is COC(=O)C12CC(O)CCC1CN1CCc3c([nH]c4ccccc34)C1C2. The van der Waals surface area contributed by atoms with Crippen LogP contribution in [0.2, 0.25) is 0 Å². The van der Waals surface area contributed by atoms with Gasteiger partial charge in [-0.1, -0.05) is 18.2 Å². The van der Waals surface area contributed by atoms with Gasteiger partial charge in [-0.3, -0.25) is 9.69 Å². The van der Waals surface area contributed by atoms with E-state index in [2.05, 4.69) is 34.1 Å². The van der Waals surface area contributed by atoms with E-state index in [1.54, 1.807) is 0 Å². The van der Waals surface area contributed by atoms with Crippen LogP contribution in [0.1, 0.15) is 43.0 Å². The van der Waals surface area contributed by atoms with E-state index < -0.39 is 11.5 Å². The Kier molecular flexibility index (Phi) is 3.66. The predicted octanol–water partition coefficient (Wildman–Crippen LogP) is 2.79. The first-order valence-electron chi connectivity index (χ1n) is 9.72. The maximum absolute atomic E-state index is 12.9. The van der Waals surface area contributed by atoms with Crippen molar-refractivity contribution in [3.05, 3.63) is 35.5 Å². The van der Waals surface area contributed by atoms with E-state index in [4.69, 9.17) is 4.74 Å². The second-order valence-electron chi connectivity index (χ2n) is 8.31. The van der Waals surface area contributed by atoms with Crippen molar-refractivity contribution in [3.63, 3.8) is 0 Å². The van der Waals surface area contributed by atoms with Crippen LogP contribution in [-0.4, -0.2) is 47.3 Å². The molecule has 5 nitrogen and oxygen atoms in total. The molecule has 2 N–H and O–H groups in total. The van der Waals surface area contributed by atoms with Gasteiger partial charge in [-0.2, -0.15) is 0 Å². The fourth-order valence-electron chi connectivity index (χ4n) is 5.86. The monoisotopic (exact) mass is 354 g/mol. The summed E-state index contributed by atoms with van der Waals surface area (Å²) in [5, 5.41) is 11.6. The van der Waals surface area contributed by atoms with Crippen molar-refractivity contribution in [1.29, 1.82) is 0 Å². The second-order valence-corrected chi connectivity index (χ2v) is 8.31. The number of esters is 1. The molecule has 1 saturated heterocycles. The third kappa shape index (κ3) is 2.20. The summed E-state index contributed by atoms with van der Waals surface area (Å²) in [4.78, 5) is 19.0. The molecule has 1 aromatic carbocycles. The van der Waals surface area contributed by atoms with Crippen LogP contribution in [0.15, 0.2) is 24.3 Å². The van der Waals surface area contributed by atoms with Crippen molar-refractivity contribution < 1.29 is 14.6 Å². The number of methoxy groups -OCH3 is 1. The molecule has 4 atom stereocenters. The van der Waals surface area contributed by atoms with Crippen LogP contribution in [0.25, 0.3) is 10.9 Å². The molecule has 3 heterocycles. The number of nitrogens with one attached hydrogen (secondary N) is 1. The number of ether oxygens (including phenoxy) is 1. The first kappa shape index (κ1) is 16.3. The zero-order chi connectivity index (χ0) is 17.9.